The van der Waals surface area contributed by atoms with Gasteiger partial charge in [0.2, 0.25) is 0 Å². The highest BCUT2D eigenvalue weighted by molar-refractivity contribution is 6.02. The molecule has 0 saturated heterocycles. The molecule has 29 heavy (non-hydrogen) atoms. The summed E-state index contributed by atoms with van der Waals surface area (Å²) >= 11 is 0. The molecule has 7 nitrogen and oxygen atoms in total. The lowest BCUT2D eigenvalue weighted by atomic mass is 10.0. The maximum absolute atomic E-state index is 11.4. The van der Waals surface area contributed by atoms with Crippen LogP contribution in [0, 0.1) is 6.92 Å². The molecule has 1 aromatic heterocycles. The minimum absolute atomic E-state index is 0.303. The van der Waals surface area contributed by atoms with Crippen LogP contribution in [-0.4, -0.2) is 21.4 Å². The largest absolute Gasteiger partial charge is 0.488 e. The van der Waals surface area contributed by atoms with E-state index in [1.807, 2.05) is 66.7 Å². The Balaban J connectivity index is 1.65. The van der Waals surface area contributed by atoms with Gasteiger partial charge in [0.15, 0.2) is 5.82 Å². The van der Waals surface area contributed by atoms with Crippen LogP contribution in [0.25, 0.3) is 10.8 Å². The number of hydrazone groups is 1. The van der Waals surface area contributed by atoms with Crippen molar-refractivity contribution in [1.29, 1.82) is 0 Å². The number of benzene rings is 3. The van der Waals surface area contributed by atoms with Crippen molar-refractivity contribution in [3.05, 3.63) is 94.0 Å². The number of nitrogens with one attached hydrogen (secondary N) is 2. The maximum Gasteiger partial charge on any atom is 0.363 e. The average Bonchev–Trinajstić information content (AvgIpc) is 2.76. The first-order valence-corrected chi connectivity index (χ1v) is 9.11. The number of rotatable bonds is 6. The fourth-order valence-electron chi connectivity index (χ4n) is 2.93. The van der Waals surface area contributed by atoms with Gasteiger partial charge >= 0.3 is 5.69 Å². The first-order chi connectivity index (χ1) is 14.2. The minimum atomic E-state index is -0.537. The first-order valence-electron chi connectivity index (χ1n) is 9.11. The smallest absolute Gasteiger partial charge is 0.363 e. The van der Waals surface area contributed by atoms with Gasteiger partial charge in [-0.3, -0.25) is 5.43 Å². The van der Waals surface area contributed by atoms with Gasteiger partial charge in [0.05, 0.1) is 6.21 Å². The molecule has 0 unspecified atom stereocenters. The summed E-state index contributed by atoms with van der Waals surface area (Å²) in [6.45, 7) is 2.18. The molecule has 0 fully saturated rings. The molecular formula is C22H19N5O2. The van der Waals surface area contributed by atoms with E-state index in [9.17, 15) is 4.79 Å². The fraction of sp³-hybridized carbons (Fsp3) is 0.0909. The summed E-state index contributed by atoms with van der Waals surface area (Å²) < 4.78 is 6.07. The van der Waals surface area contributed by atoms with E-state index in [4.69, 9.17) is 4.74 Å². The maximum atomic E-state index is 11.4. The third-order valence-electron chi connectivity index (χ3n) is 4.41. The number of nitrogens with zero attached hydrogens (tertiary/aromatic N) is 3. The number of hydrogen-bond donors (Lipinski definition) is 2. The zero-order valence-corrected chi connectivity index (χ0v) is 15.8. The van der Waals surface area contributed by atoms with Crippen molar-refractivity contribution >= 4 is 22.8 Å². The van der Waals surface area contributed by atoms with Crippen LogP contribution in [0.5, 0.6) is 5.75 Å². The third-order valence-corrected chi connectivity index (χ3v) is 4.41. The highest BCUT2D eigenvalue weighted by atomic mass is 16.5. The molecule has 1 heterocycles. The quantitative estimate of drug-likeness (QED) is 0.390. The van der Waals surface area contributed by atoms with Crippen LogP contribution in [0.15, 0.2) is 76.6 Å². The number of hydrogen-bond acceptors (Lipinski definition) is 6. The number of H-pyrrole nitrogens is 1. The van der Waals surface area contributed by atoms with Gasteiger partial charge in [0.1, 0.15) is 18.1 Å². The highest BCUT2D eigenvalue weighted by Gasteiger charge is 2.08. The van der Waals surface area contributed by atoms with E-state index in [-0.39, 0.29) is 0 Å². The van der Waals surface area contributed by atoms with Gasteiger partial charge in [-0.25, -0.2) is 9.89 Å². The number of ether oxygens (including phenoxy) is 1. The molecule has 144 valence electrons. The molecule has 4 aromatic rings. The zero-order valence-electron chi connectivity index (χ0n) is 15.8. The van der Waals surface area contributed by atoms with E-state index < -0.39 is 5.69 Å². The lowest BCUT2D eigenvalue weighted by molar-refractivity contribution is 0.306. The van der Waals surface area contributed by atoms with Gasteiger partial charge < -0.3 is 4.74 Å². The molecule has 0 aliphatic carbocycles. The fourth-order valence-corrected chi connectivity index (χ4v) is 2.93. The van der Waals surface area contributed by atoms with Crippen molar-refractivity contribution < 1.29 is 4.74 Å². The zero-order chi connectivity index (χ0) is 20.1. The second kappa shape index (κ2) is 8.35. The summed E-state index contributed by atoms with van der Waals surface area (Å²) in [6.07, 6.45) is 1.67. The molecule has 0 spiro atoms. The minimum Gasteiger partial charge on any atom is -0.488 e. The predicted octanol–water partition coefficient (Wildman–Crippen LogP) is 3.65. The molecule has 0 aliphatic rings. The number of aromatic nitrogens is 3. The molecular weight excluding hydrogens is 366 g/mol. The van der Waals surface area contributed by atoms with Gasteiger partial charge in [0.25, 0.3) is 0 Å². The molecule has 0 atom stereocenters. The Morgan fingerprint density at radius 3 is 2.72 bits per heavy atom. The summed E-state index contributed by atoms with van der Waals surface area (Å²) in [6, 6.07) is 21.9. The van der Waals surface area contributed by atoms with E-state index in [0.717, 1.165) is 21.9 Å². The average molecular weight is 385 g/mol. The molecule has 3 aromatic carbocycles. The highest BCUT2D eigenvalue weighted by Crippen LogP contribution is 2.27. The molecule has 0 bridgehead atoms. The molecule has 0 amide bonds. The second-order valence-corrected chi connectivity index (χ2v) is 6.42. The van der Waals surface area contributed by atoms with E-state index >= 15 is 0 Å². The monoisotopic (exact) mass is 385 g/mol. The first kappa shape index (κ1) is 18.4. The summed E-state index contributed by atoms with van der Waals surface area (Å²) in [7, 11) is 0. The van der Waals surface area contributed by atoms with Crippen LogP contribution in [0.1, 0.15) is 16.8 Å². The van der Waals surface area contributed by atoms with Crippen molar-refractivity contribution in [3.63, 3.8) is 0 Å². The van der Waals surface area contributed by atoms with Crippen molar-refractivity contribution in [2.45, 2.75) is 13.5 Å². The summed E-state index contributed by atoms with van der Waals surface area (Å²) in [4.78, 5) is 15.2. The Hall–Kier alpha value is -4.00. The van der Waals surface area contributed by atoms with Gasteiger partial charge in [-0.05, 0) is 29.3 Å². The van der Waals surface area contributed by atoms with Crippen LogP contribution >= 0.6 is 0 Å². The van der Waals surface area contributed by atoms with Gasteiger partial charge in [-0.2, -0.15) is 15.2 Å². The topological polar surface area (TPSA) is 92.3 Å². The van der Waals surface area contributed by atoms with Crippen LogP contribution in [-0.2, 0) is 6.61 Å². The van der Waals surface area contributed by atoms with E-state index in [2.05, 4.69) is 25.7 Å². The molecule has 4 rings (SSSR count). The Kier molecular flexibility index (Phi) is 5.29. The van der Waals surface area contributed by atoms with E-state index in [1.54, 1.807) is 13.1 Å². The van der Waals surface area contributed by atoms with Crippen molar-refractivity contribution in [2.24, 2.45) is 5.10 Å². The molecule has 2 N–H and O–H groups in total. The predicted molar refractivity (Wildman–Crippen MR) is 113 cm³/mol. The van der Waals surface area contributed by atoms with Crippen LogP contribution in [0.3, 0.4) is 0 Å². The molecule has 0 aliphatic heterocycles. The van der Waals surface area contributed by atoms with E-state index in [1.165, 1.54) is 0 Å². The van der Waals surface area contributed by atoms with Gasteiger partial charge in [-0.1, -0.05) is 60.7 Å². The molecule has 0 saturated carbocycles. The van der Waals surface area contributed by atoms with Crippen LogP contribution in [0.2, 0.25) is 0 Å². The number of fused-ring (bicyclic) bond motifs is 1. The standard InChI is InChI=1S/C22H19N5O2/c1-15-21(24-22(28)27-25-15)26-23-13-19-18-10-6-5-9-17(18)11-12-20(19)29-14-16-7-3-2-4-8-16/h2-13H,14H2,1H3,(H2,24,26,27,28)/b23-13-. The summed E-state index contributed by atoms with van der Waals surface area (Å²) in [5.74, 6) is 1.02. The van der Waals surface area contributed by atoms with Crippen LogP contribution < -0.4 is 15.9 Å². The SMILES string of the molecule is Cc1n[nH]c(=O)nc1N/N=C\c1c(OCc2ccccc2)ccc2ccccc12. The molecule has 7 heteroatoms. The van der Waals surface area contributed by atoms with Crippen molar-refractivity contribution in [3.8, 4) is 5.75 Å². The number of aromatic amines is 1. The van der Waals surface area contributed by atoms with Gasteiger partial charge in [-0.15, -0.1) is 0 Å². The number of aryl methyl sites for hydroxylation is 1. The van der Waals surface area contributed by atoms with E-state index in [0.29, 0.717) is 23.9 Å². The second-order valence-electron chi connectivity index (χ2n) is 6.42. The normalized spacial score (nSPS) is 11.1. The Bertz CT molecular complexity index is 1220. The van der Waals surface area contributed by atoms with Crippen LogP contribution in [0.4, 0.5) is 5.82 Å². The lowest BCUT2D eigenvalue weighted by Crippen LogP contribution is -2.15. The number of anilines is 1. The van der Waals surface area contributed by atoms with Crippen molar-refractivity contribution in [1.82, 2.24) is 15.2 Å². The lowest BCUT2D eigenvalue weighted by Gasteiger charge is -2.12. The Labute approximate surface area is 167 Å². The van der Waals surface area contributed by atoms with Gasteiger partial charge in [0, 0.05) is 5.56 Å². The third kappa shape index (κ3) is 4.30. The van der Waals surface area contributed by atoms with Crippen molar-refractivity contribution in [2.75, 3.05) is 5.43 Å². The Morgan fingerprint density at radius 2 is 1.86 bits per heavy atom. The summed E-state index contributed by atoms with van der Waals surface area (Å²) in [5, 5.41) is 12.5. The Morgan fingerprint density at radius 1 is 1.07 bits per heavy atom. The summed E-state index contributed by atoms with van der Waals surface area (Å²) in [5.41, 5.74) is 4.71. The molecule has 0 radical (unpaired) electrons.